The number of rotatable bonds is 1. The van der Waals surface area contributed by atoms with Crippen LogP contribution in [-0.4, -0.2) is 0 Å². The van der Waals surface area contributed by atoms with Crippen LogP contribution < -0.4 is 5.22 Å². The van der Waals surface area contributed by atoms with Gasteiger partial charge in [-0.05, 0) is 49.2 Å². The third-order valence-corrected chi connectivity index (χ3v) is 4.09. The Hall–Kier alpha value is -2.60. The van der Waals surface area contributed by atoms with Crippen LogP contribution in [0.3, 0.4) is 0 Å². The van der Waals surface area contributed by atoms with E-state index in [0.717, 1.165) is 10.8 Å². The van der Waals surface area contributed by atoms with Gasteiger partial charge in [-0.15, -0.1) is 0 Å². The fourth-order valence-electron chi connectivity index (χ4n) is 3.17. The van der Waals surface area contributed by atoms with Gasteiger partial charge in [-0.2, -0.15) is 0 Å². The van der Waals surface area contributed by atoms with Crippen molar-refractivity contribution >= 4 is 45.0 Å². The molecule has 24 heavy (non-hydrogen) atoms. The van der Waals surface area contributed by atoms with Crippen LogP contribution >= 0.6 is 0 Å². The lowest BCUT2D eigenvalue weighted by atomic mass is 9.92. The van der Waals surface area contributed by atoms with Crippen LogP contribution in [-0.2, 0) is 0 Å². The smallest absolute Gasteiger partial charge is 0.00206 e. The first-order valence-electron chi connectivity index (χ1n) is 8.78. The number of fused-ring (bicyclic) bond motifs is 2. The number of hydrogen-bond donors (Lipinski definition) is 0. The lowest BCUT2D eigenvalue weighted by Gasteiger charge is -2.12. The Bertz CT molecular complexity index is 1020. The van der Waals surface area contributed by atoms with Crippen molar-refractivity contribution in [2.75, 3.05) is 0 Å². The van der Waals surface area contributed by atoms with Gasteiger partial charge in [0, 0.05) is 0 Å². The molecule has 0 radical (unpaired) electrons. The van der Waals surface area contributed by atoms with E-state index in [2.05, 4.69) is 67.8 Å². The minimum atomic E-state index is 1.06. The maximum Gasteiger partial charge on any atom is -0.00206 e. The van der Waals surface area contributed by atoms with Crippen molar-refractivity contribution in [2.24, 2.45) is 0 Å². The van der Waals surface area contributed by atoms with Crippen molar-refractivity contribution in [2.45, 2.75) is 27.7 Å². The fourth-order valence-corrected chi connectivity index (χ4v) is 3.17. The molecule has 0 saturated heterocycles. The zero-order chi connectivity index (χ0) is 17.7. The molecule has 4 rings (SSSR count). The molecular formula is C24H26. The summed E-state index contributed by atoms with van der Waals surface area (Å²) in [6, 6.07) is 19.4. The van der Waals surface area contributed by atoms with Crippen LogP contribution in [0.5, 0.6) is 0 Å². The van der Waals surface area contributed by atoms with Crippen LogP contribution in [0.15, 0.2) is 61.2 Å². The summed E-state index contributed by atoms with van der Waals surface area (Å²) in [5.74, 6) is 0. The third kappa shape index (κ3) is 2.80. The van der Waals surface area contributed by atoms with Crippen molar-refractivity contribution in [3.8, 4) is 0 Å². The summed E-state index contributed by atoms with van der Waals surface area (Å²) in [7, 11) is 0. The van der Waals surface area contributed by atoms with E-state index < -0.39 is 0 Å². The molecule has 4 aromatic rings. The summed E-state index contributed by atoms with van der Waals surface area (Å²) in [5, 5.41) is 8.73. The van der Waals surface area contributed by atoms with Gasteiger partial charge in [0.2, 0.25) is 0 Å². The summed E-state index contributed by atoms with van der Waals surface area (Å²) in [6.45, 7) is 16.1. The maximum absolute atomic E-state index is 4.19. The molecule has 0 atom stereocenters. The second-order valence-corrected chi connectivity index (χ2v) is 5.20. The molecule has 0 aliphatic heterocycles. The summed E-state index contributed by atoms with van der Waals surface area (Å²) < 4.78 is 0. The highest BCUT2D eigenvalue weighted by molar-refractivity contribution is 6.22. The molecule has 0 aliphatic rings. The van der Waals surface area contributed by atoms with E-state index in [0.29, 0.717) is 0 Å². The van der Waals surface area contributed by atoms with Gasteiger partial charge in [0.05, 0.1) is 0 Å². The first-order valence-corrected chi connectivity index (χ1v) is 8.78. The highest BCUT2D eigenvalue weighted by Crippen LogP contribution is 2.33. The molecule has 0 spiro atoms. The summed E-state index contributed by atoms with van der Waals surface area (Å²) >= 11 is 0. The van der Waals surface area contributed by atoms with Crippen molar-refractivity contribution in [3.63, 3.8) is 0 Å². The maximum atomic E-state index is 4.19. The fraction of sp³-hybridized carbons (Fsp3) is 0.167. The lowest BCUT2D eigenvalue weighted by Crippen LogP contribution is -2.01. The highest BCUT2D eigenvalue weighted by Gasteiger charge is 2.09. The van der Waals surface area contributed by atoms with E-state index in [-0.39, 0.29) is 0 Å². The normalized spacial score (nSPS) is 10.0. The first-order chi connectivity index (χ1) is 11.8. The van der Waals surface area contributed by atoms with Gasteiger partial charge in [-0.1, -0.05) is 95.5 Å². The monoisotopic (exact) mass is 314 g/mol. The first kappa shape index (κ1) is 17.7. The minimum absolute atomic E-state index is 1.06. The van der Waals surface area contributed by atoms with Crippen LogP contribution in [0.4, 0.5) is 0 Å². The molecule has 0 bridgehead atoms. The predicted octanol–water partition coefficient (Wildman–Crippen LogP) is 6.97. The average molecular weight is 314 g/mol. The topological polar surface area (TPSA) is 0 Å². The van der Waals surface area contributed by atoms with Gasteiger partial charge in [0.1, 0.15) is 0 Å². The number of hydrogen-bond acceptors (Lipinski definition) is 0. The molecule has 0 heterocycles. The highest BCUT2D eigenvalue weighted by atomic mass is 14.1. The molecule has 0 fully saturated rings. The van der Waals surface area contributed by atoms with Crippen molar-refractivity contribution in [1.82, 2.24) is 0 Å². The van der Waals surface area contributed by atoms with Crippen LogP contribution in [0.25, 0.3) is 45.0 Å². The largest absolute Gasteiger partial charge is 0.0984 e. The minimum Gasteiger partial charge on any atom is -0.0984 e. The standard InChI is InChI=1S/C20H14.2C2H6/c1-3-14-10-11-18-17-7-5-4-6-15(17)12-16-9-8-13(2)19(14)20(16)18;2*1-2/h3-12H,1-2H2;2*1-2H3. The third-order valence-electron chi connectivity index (χ3n) is 4.09. The molecule has 0 aliphatic carbocycles. The Labute approximate surface area is 145 Å². The zero-order valence-corrected chi connectivity index (χ0v) is 15.2. The van der Waals surface area contributed by atoms with Gasteiger partial charge in [0.15, 0.2) is 0 Å². The van der Waals surface area contributed by atoms with Crippen LogP contribution in [0.1, 0.15) is 33.3 Å². The van der Waals surface area contributed by atoms with Crippen LogP contribution in [0.2, 0.25) is 0 Å². The molecule has 0 nitrogen and oxygen atoms in total. The summed E-state index contributed by atoms with van der Waals surface area (Å²) in [5.41, 5.74) is 1.16. The van der Waals surface area contributed by atoms with Gasteiger partial charge in [-0.3, -0.25) is 0 Å². The molecule has 0 heteroatoms. The van der Waals surface area contributed by atoms with E-state index in [9.17, 15) is 0 Å². The average Bonchev–Trinajstić information content (AvgIpc) is 2.67. The number of benzene rings is 4. The van der Waals surface area contributed by atoms with Crippen molar-refractivity contribution in [1.29, 1.82) is 0 Å². The van der Waals surface area contributed by atoms with Crippen molar-refractivity contribution in [3.05, 3.63) is 72.0 Å². The van der Waals surface area contributed by atoms with E-state index in [1.807, 2.05) is 33.8 Å². The van der Waals surface area contributed by atoms with E-state index in [1.54, 1.807) is 0 Å². The van der Waals surface area contributed by atoms with E-state index >= 15 is 0 Å². The Morgan fingerprint density at radius 1 is 0.708 bits per heavy atom. The van der Waals surface area contributed by atoms with Gasteiger partial charge in [-0.25, -0.2) is 0 Å². The van der Waals surface area contributed by atoms with Crippen LogP contribution in [0, 0.1) is 0 Å². The SMILES string of the molecule is C=Cc1ccc2c3ccccc3cc3ccc(=C)c1c32.CC.CC. The predicted molar refractivity (Wildman–Crippen MR) is 112 cm³/mol. The van der Waals surface area contributed by atoms with Crippen molar-refractivity contribution < 1.29 is 0 Å². The molecule has 0 N–H and O–H groups in total. The van der Waals surface area contributed by atoms with E-state index in [4.69, 9.17) is 0 Å². The Morgan fingerprint density at radius 2 is 1.42 bits per heavy atom. The van der Waals surface area contributed by atoms with E-state index in [1.165, 1.54) is 32.3 Å². The van der Waals surface area contributed by atoms with Gasteiger partial charge < -0.3 is 0 Å². The molecule has 0 unspecified atom stereocenters. The molecule has 0 amide bonds. The molecule has 0 saturated carbocycles. The zero-order valence-electron chi connectivity index (χ0n) is 15.2. The molecule has 0 aromatic heterocycles. The van der Waals surface area contributed by atoms with Gasteiger partial charge in [0.25, 0.3) is 0 Å². The van der Waals surface area contributed by atoms with Gasteiger partial charge >= 0.3 is 0 Å². The Morgan fingerprint density at radius 3 is 2.12 bits per heavy atom. The molecule has 122 valence electrons. The lowest BCUT2D eigenvalue weighted by molar-refractivity contribution is 1.50. The second-order valence-electron chi connectivity index (χ2n) is 5.20. The second kappa shape index (κ2) is 7.79. The summed E-state index contributed by atoms with van der Waals surface area (Å²) in [6.07, 6.45) is 1.91. The summed E-state index contributed by atoms with van der Waals surface area (Å²) in [4.78, 5) is 0. The quantitative estimate of drug-likeness (QED) is 0.263. The Kier molecular flexibility index (Phi) is 5.76. The molecule has 4 aromatic carbocycles. The molecular weight excluding hydrogens is 288 g/mol. The Balaban J connectivity index is 0.000000487.